The highest BCUT2D eigenvalue weighted by atomic mass is 16.6. The minimum Gasteiger partial charge on any atom is -0.374 e. The van der Waals surface area contributed by atoms with Crippen LogP contribution in [0.1, 0.15) is 22.7 Å². The average molecular weight is 284 g/mol. The molecular weight excluding hydrogens is 268 g/mol. The summed E-state index contributed by atoms with van der Waals surface area (Å²) in [5, 5.41) is 14.4. The number of nitro benzene ring substituents is 1. The van der Waals surface area contributed by atoms with Crippen molar-refractivity contribution in [3.8, 4) is 0 Å². The molecule has 0 radical (unpaired) electrons. The van der Waals surface area contributed by atoms with Gasteiger partial charge in [0, 0.05) is 6.07 Å². The normalized spacial score (nSPS) is 17.1. The van der Waals surface area contributed by atoms with E-state index in [1.165, 1.54) is 6.07 Å². The van der Waals surface area contributed by atoms with E-state index in [1.54, 1.807) is 12.1 Å². The van der Waals surface area contributed by atoms with Crippen LogP contribution in [0.3, 0.4) is 0 Å². The van der Waals surface area contributed by atoms with Gasteiger partial charge in [-0.2, -0.15) is 0 Å². The van der Waals surface area contributed by atoms with Crippen LogP contribution in [0.5, 0.6) is 0 Å². The molecule has 2 aromatic rings. The lowest BCUT2D eigenvalue weighted by Crippen LogP contribution is -2.23. The molecule has 1 unspecified atom stereocenters. The van der Waals surface area contributed by atoms with E-state index < -0.39 is 0 Å². The number of hydrogen-bond donors (Lipinski definition) is 1. The number of nitrogens with one attached hydrogen (secondary N) is 1. The highest BCUT2D eigenvalue weighted by molar-refractivity contribution is 5.63. The van der Waals surface area contributed by atoms with Gasteiger partial charge in [-0.15, -0.1) is 0 Å². The third kappa shape index (κ3) is 2.73. The standard InChI is InChI=1S/C16H16N2O3/c1-11-6-7-16(18(19)20)14(8-11)17-15-10-21-9-12-4-2-3-5-13(12)15/h2-8,15,17H,9-10H2,1H3. The van der Waals surface area contributed by atoms with Crippen LogP contribution in [-0.2, 0) is 11.3 Å². The maximum atomic E-state index is 11.2. The molecule has 0 saturated heterocycles. The summed E-state index contributed by atoms with van der Waals surface area (Å²) in [4.78, 5) is 10.8. The largest absolute Gasteiger partial charge is 0.374 e. The zero-order chi connectivity index (χ0) is 14.8. The van der Waals surface area contributed by atoms with E-state index in [2.05, 4.69) is 5.32 Å². The second-order valence-corrected chi connectivity index (χ2v) is 5.19. The van der Waals surface area contributed by atoms with Gasteiger partial charge in [-0.05, 0) is 29.7 Å². The average Bonchev–Trinajstić information content (AvgIpc) is 2.47. The smallest absolute Gasteiger partial charge is 0.292 e. The van der Waals surface area contributed by atoms with Crippen molar-refractivity contribution in [1.82, 2.24) is 0 Å². The molecule has 0 saturated carbocycles. The molecule has 0 bridgehead atoms. The van der Waals surface area contributed by atoms with Gasteiger partial charge < -0.3 is 10.1 Å². The van der Waals surface area contributed by atoms with Crippen molar-refractivity contribution in [3.63, 3.8) is 0 Å². The van der Waals surface area contributed by atoms with E-state index >= 15 is 0 Å². The van der Waals surface area contributed by atoms with Crippen molar-refractivity contribution >= 4 is 11.4 Å². The lowest BCUT2D eigenvalue weighted by atomic mass is 9.98. The van der Waals surface area contributed by atoms with Gasteiger partial charge in [0.15, 0.2) is 0 Å². The van der Waals surface area contributed by atoms with Crippen LogP contribution >= 0.6 is 0 Å². The molecular formula is C16H16N2O3. The number of nitrogens with zero attached hydrogens (tertiary/aromatic N) is 1. The summed E-state index contributed by atoms with van der Waals surface area (Å²) < 4.78 is 5.58. The number of hydrogen-bond acceptors (Lipinski definition) is 4. The topological polar surface area (TPSA) is 64.4 Å². The zero-order valence-corrected chi connectivity index (χ0v) is 11.7. The Bertz CT molecular complexity index is 685. The van der Waals surface area contributed by atoms with Crippen molar-refractivity contribution in [2.45, 2.75) is 19.6 Å². The van der Waals surface area contributed by atoms with E-state index in [9.17, 15) is 10.1 Å². The van der Waals surface area contributed by atoms with Crippen LogP contribution in [0, 0.1) is 17.0 Å². The van der Waals surface area contributed by atoms with Gasteiger partial charge >= 0.3 is 0 Å². The van der Waals surface area contributed by atoms with Crippen LogP contribution in [0.2, 0.25) is 0 Å². The van der Waals surface area contributed by atoms with E-state index in [4.69, 9.17) is 4.74 Å². The first-order valence-corrected chi connectivity index (χ1v) is 6.82. The predicted molar refractivity (Wildman–Crippen MR) is 80.3 cm³/mol. The predicted octanol–water partition coefficient (Wildman–Crippen LogP) is 3.59. The van der Waals surface area contributed by atoms with Crippen molar-refractivity contribution in [1.29, 1.82) is 0 Å². The lowest BCUT2D eigenvalue weighted by molar-refractivity contribution is -0.384. The van der Waals surface area contributed by atoms with Gasteiger partial charge in [-0.3, -0.25) is 10.1 Å². The fourth-order valence-electron chi connectivity index (χ4n) is 2.61. The van der Waals surface area contributed by atoms with Crippen LogP contribution in [0.15, 0.2) is 42.5 Å². The number of ether oxygens (including phenoxy) is 1. The molecule has 108 valence electrons. The molecule has 0 aromatic heterocycles. The Balaban J connectivity index is 1.95. The quantitative estimate of drug-likeness (QED) is 0.691. The SMILES string of the molecule is Cc1ccc([N+](=O)[O-])c(NC2COCc3ccccc32)c1. The summed E-state index contributed by atoms with van der Waals surface area (Å²) in [7, 11) is 0. The van der Waals surface area contributed by atoms with E-state index in [-0.39, 0.29) is 16.7 Å². The summed E-state index contributed by atoms with van der Waals surface area (Å²) in [6.07, 6.45) is 0. The van der Waals surface area contributed by atoms with Crippen LogP contribution in [0.25, 0.3) is 0 Å². The highest BCUT2D eigenvalue weighted by Crippen LogP contribution is 2.32. The molecule has 1 aliphatic heterocycles. The summed E-state index contributed by atoms with van der Waals surface area (Å²) >= 11 is 0. The van der Waals surface area contributed by atoms with E-state index in [0.717, 1.165) is 16.7 Å². The molecule has 0 aliphatic carbocycles. The first-order valence-electron chi connectivity index (χ1n) is 6.82. The number of benzene rings is 2. The number of fused-ring (bicyclic) bond motifs is 1. The summed E-state index contributed by atoms with van der Waals surface area (Å²) in [6, 6.07) is 13.0. The third-order valence-corrected chi connectivity index (χ3v) is 3.65. The van der Waals surface area contributed by atoms with Crippen LogP contribution in [-0.4, -0.2) is 11.5 Å². The Morgan fingerprint density at radius 2 is 2.10 bits per heavy atom. The molecule has 5 nitrogen and oxygen atoms in total. The molecule has 21 heavy (non-hydrogen) atoms. The van der Waals surface area contributed by atoms with Crippen molar-refractivity contribution < 1.29 is 9.66 Å². The van der Waals surface area contributed by atoms with Gasteiger partial charge in [0.05, 0.1) is 24.2 Å². The number of rotatable bonds is 3. The molecule has 2 aromatic carbocycles. The molecule has 0 spiro atoms. The molecule has 5 heteroatoms. The van der Waals surface area contributed by atoms with Gasteiger partial charge in [0.25, 0.3) is 5.69 Å². The fourth-order valence-corrected chi connectivity index (χ4v) is 2.61. The van der Waals surface area contributed by atoms with Crippen molar-refractivity contribution in [2.24, 2.45) is 0 Å². The van der Waals surface area contributed by atoms with Crippen molar-refractivity contribution in [2.75, 3.05) is 11.9 Å². The number of anilines is 1. The van der Waals surface area contributed by atoms with Crippen LogP contribution in [0.4, 0.5) is 11.4 Å². The molecule has 0 fully saturated rings. The summed E-state index contributed by atoms with van der Waals surface area (Å²) in [5.41, 5.74) is 3.86. The van der Waals surface area contributed by atoms with Crippen LogP contribution < -0.4 is 5.32 Å². The Kier molecular flexibility index (Phi) is 3.58. The maximum Gasteiger partial charge on any atom is 0.292 e. The Morgan fingerprint density at radius 1 is 1.29 bits per heavy atom. The zero-order valence-electron chi connectivity index (χ0n) is 11.7. The monoisotopic (exact) mass is 284 g/mol. The van der Waals surface area contributed by atoms with E-state index in [0.29, 0.717) is 18.9 Å². The van der Waals surface area contributed by atoms with Crippen molar-refractivity contribution in [3.05, 3.63) is 69.3 Å². The van der Waals surface area contributed by atoms with E-state index in [1.807, 2.05) is 31.2 Å². The fraction of sp³-hybridized carbons (Fsp3) is 0.250. The summed E-state index contributed by atoms with van der Waals surface area (Å²) in [6.45, 7) is 3.01. The Labute approximate surface area is 122 Å². The second-order valence-electron chi connectivity index (χ2n) is 5.19. The lowest BCUT2D eigenvalue weighted by Gasteiger charge is -2.27. The number of nitro groups is 1. The molecule has 0 amide bonds. The van der Waals surface area contributed by atoms with Gasteiger partial charge in [-0.25, -0.2) is 0 Å². The maximum absolute atomic E-state index is 11.2. The van der Waals surface area contributed by atoms with Gasteiger partial charge in [-0.1, -0.05) is 30.3 Å². The minimum absolute atomic E-state index is 0.0737. The molecule has 1 N–H and O–H groups in total. The van der Waals surface area contributed by atoms with Gasteiger partial charge in [0.2, 0.25) is 0 Å². The summed E-state index contributed by atoms with van der Waals surface area (Å²) in [5.74, 6) is 0. The first-order chi connectivity index (χ1) is 10.1. The molecule has 3 rings (SSSR count). The molecule has 1 atom stereocenters. The highest BCUT2D eigenvalue weighted by Gasteiger charge is 2.23. The third-order valence-electron chi connectivity index (χ3n) is 3.65. The second kappa shape index (κ2) is 5.54. The van der Waals surface area contributed by atoms with Gasteiger partial charge in [0.1, 0.15) is 5.69 Å². The Hall–Kier alpha value is -2.40. The molecule has 1 heterocycles. The number of aryl methyl sites for hydroxylation is 1. The molecule has 1 aliphatic rings. The first kappa shape index (κ1) is 13.6. The minimum atomic E-state index is -0.364. The Morgan fingerprint density at radius 3 is 2.90 bits per heavy atom.